The minimum Gasteiger partial charge on any atom is -0.497 e. The molecule has 0 amide bonds. The van der Waals surface area contributed by atoms with Gasteiger partial charge in [0.15, 0.2) is 17.7 Å². The van der Waals surface area contributed by atoms with E-state index in [0.717, 1.165) is 36.1 Å². The Bertz CT molecular complexity index is 829. The van der Waals surface area contributed by atoms with Crippen molar-refractivity contribution in [1.82, 2.24) is 4.90 Å². The summed E-state index contributed by atoms with van der Waals surface area (Å²) in [6, 6.07) is 12.5. The maximum atomic E-state index is 6.52. The van der Waals surface area contributed by atoms with Gasteiger partial charge >= 0.3 is 0 Å². The van der Waals surface area contributed by atoms with Crippen LogP contribution < -0.4 is 18.9 Å². The Labute approximate surface area is 159 Å². The average molecular weight is 367 g/mol. The Kier molecular flexibility index (Phi) is 4.12. The molecule has 3 atom stereocenters. The molecule has 3 heterocycles. The van der Waals surface area contributed by atoms with Crippen LogP contribution in [0.15, 0.2) is 36.4 Å². The molecule has 1 saturated heterocycles. The first-order valence-electron chi connectivity index (χ1n) is 9.73. The number of nitrogens with zero attached hydrogens (tertiary/aromatic N) is 1. The Morgan fingerprint density at radius 2 is 1.67 bits per heavy atom. The Hall–Kier alpha value is -2.40. The lowest BCUT2D eigenvalue weighted by atomic mass is 9.78. The number of methoxy groups -OCH3 is 1. The van der Waals surface area contributed by atoms with Crippen LogP contribution in [0.2, 0.25) is 0 Å². The van der Waals surface area contributed by atoms with Crippen molar-refractivity contribution < 1.29 is 18.9 Å². The summed E-state index contributed by atoms with van der Waals surface area (Å²) in [4.78, 5) is 2.48. The van der Waals surface area contributed by atoms with E-state index in [-0.39, 0.29) is 18.9 Å². The Morgan fingerprint density at radius 1 is 0.963 bits per heavy atom. The first-order chi connectivity index (χ1) is 13.2. The van der Waals surface area contributed by atoms with Gasteiger partial charge < -0.3 is 18.9 Å². The van der Waals surface area contributed by atoms with E-state index in [0.29, 0.717) is 5.92 Å². The summed E-state index contributed by atoms with van der Waals surface area (Å²) in [5.41, 5.74) is 2.45. The van der Waals surface area contributed by atoms with Crippen molar-refractivity contribution in [3.63, 3.8) is 0 Å². The molecule has 0 radical (unpaired) electrons. The molecule has 0 saturated carbocycles. The van der Waals surface area contributed by atoms with Crippen LogP contribution in [0.4, 0.5) is 0 Å². The van der Waals surface area contributed by atoms with Gasteiger partial charge in [-0.05, 0) is 36.6 Å². The molecule has 3 aliphatic rings. The predicted octanol–water partition coefficient (Wildman–Crippen LogP) is 4.01. The monoisotopic (exact) mass is 367 g/mol. The van der Waals surface area contributed by atoms with Gasteiger partial charge in [0.2, 0.25) is 6.79 Å². The predicted molar refractivity (Wildman–Crippen MR) is 102 cm³/mol. The fourth-order valence-electron chi connectivity index (χ4n) is 4.67. The smallest absolute Gasteiger partial charge is 0.231 e. The van der Waals surface area contributed by atoms with Crippen LogP contribution in [0.25, 0.3) is 0 Å². The van der Waals surface area contributed by atoms with E-state index in [2.05, 4.69) is 30.0 Å². The lowest BCUT2D eigenvalue weighted by Crippen LogP contribution is -2.46. The van der Waals surface area contributed by atoms with Gasteiger partial charge in [0.05, 0.1) is 7.11 Å². The third kappa shape index (κ3) is 2.81. The van der Waals surface area contributed by atoms with Crippen LogP contribution in [0.5, 0.6) is 23.0 Å². The van der Waals surface area contributed by atoms with E-state index in [9.17, 15) is 0 Å². The fourth-order valence-corrected chi connectivity index (χ4v) is 4.67. The van der Waals surface area contributed by atoms with Gasteiger partial charge in [-0.3, -0.25) is 4.90 Å². The topological polar surface area (TPSA) is 40.2 Å². The zero-order valence-corrected chi connectivity index (χ0v) is 15.8. The second-order valence-electron chi connectivity index (χ2n) is 7.60. The van der Waals surface area contributed by atoms with Gasteiger partial charge in [0, 0.05) is 36.6 Å². The molecule has 2 aromatic carbocycles. The van der Waals surface area contributed by atoms with Crippen molar-refractivity contribution in [2.45, 2.75) is 31.9 Å². The molecule has 5 rings (SSSR count). The van der Waals surface area contributed by atoms with Crippen LogP contribution in [-0.4, -0.2) is 38.1 Å². The zero-order chi connectivity index (χ0) is 18.4. The number of likely N-dealkylation sites (tertiary alicyclic amines) is 1. The molecule has 5 heteroatoms. The quantitative estimate of drug-likeness (QED) is 0.820. The van der Waals surface area contributed by atoms with E-state index >= 15 is 0 Å². The second kappa shape index (κ2) is 6.64. The third-order valence-corrected chi connectivity index (χ3v) is 6.04. The highest BCUT2D eigenvalue weighted by Crippen LogP contribution is 2.50. The van der Waals surface area contributed by atoms with E-state index in [4.69, 9.17) is 18.9 Å². The number of rotatable bonds is 3. The first-order valence-corrected chi connectivity index (χ1v) is 9.73. The average Bonchev–Trinajstić information content (AvgIpc) is 3.38. The molecule has 2 aromatic rings. The van der Waals surface area contributed by atoms with Crippen LogP contribution in [0.1, 0.15) is 36.8 Å². The third-order valence-electron chi connectivity index (χ3n) is 6.04. The standard InChI is InChI=1S/C22H25NO4/c1-14-21(15-5-7-16(24-2)8-6-15)17-11-19-20(26-13-25-19)12-18(17)27-22(14)23-9-3-4-10-23/h5-8,11-12,14,21-22H,3-4,9-10,13H2,1-2H3/t14-,21+,22-/m0/s1. The summed E-state index contributed by atoms with van der Waals surface area (Å²) in [5, 5.41) is 0. The molecule has 0 spiro atoms. The summed E-state index contributed by atoms with van der Waals surface area (Å²) in [6.45, 7) is 4.77. The highest BCUT2D eigenvalue weighted by molar-refractivity contribution is 5.56. The van der Waals surface area contributed by atoms with Gasteiger partial charge in [-0.2, -0.15) is 0 Å². The van der Waals surface area contributed by atoms with Crippen molar-refractivity contribution in [2.24, 2.45) is 5.92 Å². The van der Waals surface area contributed by atoms with E-state index in [1.807, 2.05) is 18.2 Å². The van der Waals surface area contributed by atoms with E-state index in [1.165, 1.54) is 24.0 Å². The van der Waals surface area contributed by atoms with Crippen molar-refractivity contribution in [1.29, 1.82) is 0 Å². The van der Waals surface area contributed by atoms with Crippen LogP contribution >= 0.6 is 0 Å². The maximum Gasteiger partial charge on any atom is 0.231 e. The molecule has 0 bridgehead atoms. The summed E-state index contributed by atoms with van der Waals surface area (Å²) < 4.78 is 23.1. The molecular weight excluding hydrogens is 342 g/mol. The molecule has 0 unspecified atom stereocenters. The Balaban J connectivity index is 1.60. The fraction of sp³-hybridized carbons (Fsp3) is 0.455. The maximum absolute atomic E-state index is 6.52. The minimum atomic E-state index is 0.0764. The van der Waals surface area contributed by atoms with Gasteiger partial charge in [0.25, 0.3) is 0 Å². The normalized spacial score (nSPS) is 26.5. The largest absolute Gasteiger partial charge is 0.497 e. The zero-order valence-electron chi connectivity index (χ0n) is 15.8. The van der Waals surface area contributed by atoms with Crippen molar-refractivity contribution in [2.75, 3.05) is 27.0 Å². The number of ether oxygens (including phenoxy) is 4. The van der Waals surface area contributed by atoms with Gasteiger partial charge in [0.1, 0.15) is 11.5 Å². The highest BCUT2D eigenvalue weighted by Gasteiger charge is 2.41. The number of hydrogen-bond acceptors (Lipinski definition) is 5. The van der Waals surface area contributed by atoms with E-state index in [1.54, 1.807) is 7.11 Å². The molecule has 5 nitrogen and oxygen atoms in total. The summed E-state index contributed by atoms with van der Waals surface area (Å²) in [7, 11) is 1.70. The van der Waals surface area contributed by atoms with Crippen molar-refractivity contribution in [3.05, 3.63) is 47.5 Å². The van der Waals surface area contributed by atoms with Crippen LogP contribution in [-0.2, 0) is 0 Å². The molecule has 0 aliphatic carbocycles. The number of benzene rings is 2. The summed E-state index contributed by atoms with van der Waals surface area (Å²) >= 11 is 0. The summed E-state index contributed by atoms with van der Waals surface area (Å²) in [6.07, 6.45) is 2.56. The summed E-state index contributed by atoms with van der Waals surface area (Å²) in [5.74, 6) is 3.93. The molecule has 142 valence electrons. The SMILES string of the molecule is COc1ccc([C@@H]2c3cc4c(cc3O[C@H](N3CCCC3)[C@H]2C)OCO4)cc1. The number of fused-ring (bicyclic) bond motifs is 2. The Morgan fingerprint density at radius 3 is 2.37 bits per heavy atom. The molecular formula is C22H25NO4. The number of hydrogen-bond donors (Lipinski definition) is 0. The molecule has 0 aromatic heterocycles. The van der Waals surface area contributed by atoms with Gasteiger partial charge in [-0.1, -0.05) is 19.1 Å². The first kappa shape index (κ1) is 16.8. The van der Waals surface area contributed by atoms with Gasteiger partial charge in [-0.15, -0.1) is 0 Å². The highest BCUT2D eigenvalue weighted by atomic mass is 16.7. The van der Waals surface area contributed by atoms with Crippen molar-refractivity contribution in [3.8, 4) is 23.0 Å². The van der Waals surface area contributed by atoms with Crippen molar-refractivity contribution >= 4 is 0 Å². The van der Waals surface area contributed by atoms with Crippen LogP contribution in [0.3, 0.4) is 0 Å². The lowest BCUT2D eigenvalue weighted by Gasteiger charge is -2.42. The lowest BCUT2D eigenvalue weighted by molar-refractivity contribution is -0.0178. The van der Waals surface area contributed by atoms with Gasteiger partial charge in [-0.25, -0.2) is 0 Å². The minimum absolute atomic E-state index is 0.0764. The second-order valence-corrected chi connectivity index (χ2v) is 7.60. The van der Waals surface area contributed by atoms with Crippen LogP contribution in [0, 0.1) is 5.92 Å². The molecule has 27 heavy (non-hydrogen) atoms. The molecule has 1 fully saturated rings. The molecule has 3 aliphatic heterocycles. The molecule has 0 N–H and O–H groups in total. The van der Waals surface area contributed by atoms with E-state index < -0.39 is 0 Å².